The number of benzene rings is 2. The summed E-state index contributed by atoms with van der Waals surface area (Å²) in [5.74, 6) is -0.440. The molecule has 1 heterocycles. The zero-order valence-corrected chi connectivity index (χ0v) is 17.1. The van der Waals surface area contributed by atoms with Gasteiger partial charge >= 0.3 is 0 Å². The van der Waals surface area contributed by atoms with E-state index in [0.29, 0.717) is 23.4 Å². The molecular formula is C24H29FN2O2. The Morgan fingerprint density at radius 1 is 1.17 bits per heavy atom. The lowest BCUT2D eigenvalue weighted by Crippen LogP contribution is -2.41. The summed E-state index contributed by atoms with van der Waals surface area (Å²) in [7, 11) is 0. The minimum atomic E-state index is -0.665. The van der Waals surface area contributed by atoms with Crippen molar-refractivity contribution >= 4 is 17.5 Å². The molecule has 1 aliphatic heterocycles. The van der Waals surface area contributed by atoms with Gasteiger partial charge in [-0.25, -0.2) is 4.39 Å². The number of Topliss-reactive ketones (excluding diaryl/α,β-unsaturated/α-hetero) is 1. The van der Waals surface area contributed by atoms with Crippen LogP contribution in [0, 0.1) is 5.82 Å². The number of carbonyl (C=O) groups is 1. The van der Waals surface area contributed by atoms with E-state index < -0.39 is 11.4 Å². The van der Waals surface area contributed by atoms with Crippen LogP contribution in [0.5, 0.6) is 0 Å². The monoisotopic (exact) mass is 396 g/mol. The summed E-state index contributed by atoms with van der Waals surface area (Å²) in [6, 6.07) is 11.7. The van der Waals surface area contributed by atoms with Crippen LogP contribution in [0.25, 0.3) is 6.08 Å². The van der Waals surface area contributed by atoms with E-state index in [2.05, 4.69) is 11.0 Å². The van der Waals surface area contributed by atoms with Crippen molar-refractivity contribution in [1.82, 2.24) is 4.90 Å². The Morgan fingerprint density at radius 2 is 1.83 bits per heavy atom. The number of β-amino-alcohol motifs (C(OH)–C–C–N with tert-alkyl or cyclic N) is 1. The number of piperidine rings is 1. The summed E-state index contributed by atoms with van der Waals surface area (Å²) in [5, 5.41) is 9.95. The maximum absolute atomic E-state index is 13.2. The molecule has 0 spiro atoms. The minimum Gasteiger partial charge on any atom is -0.398 e. The summed E-state index contributed by atoms with van der Waals surface area (Å²) in [5.41, 5.74) is 9.16. The highest BCUT2D eigenvalue weighted by Crippen LogP contribution is 2.22. The molecule has 0 unspecified atom stereocenters. The van der Waals surface area contributed by atoms with Crippen molar-refractivity contribution in [1.29, 1.82) is 0 Å². The number of hydrogen-bond acceptors (Lipinski definition) is 4. The number of halogens is 1. The molecule has 4 nitrogen and oxygen atoms in total. The molecule has 5 heteroatoms. The van der Waals surface area contributed by atoms with Crippen molar-refractivity contribution in [2.24, 2.45) is 0 Å². The van der Waals surface area contributed by atoms with E-state index in [4.69, 9.17) is 5.73 Å². The van der Waals surface area contributed by atoms with E-state index in [-0.39, 0.29) is 12.2 Å². The molecular weight excluding hydrogens is 367 g/mol. The lowest BCUT2D eigenvalue weighted by atomic mass is 9.97. The first-order valence-corrected chi connectivity index (χ1v) is 10.0. The van der Waals surface area contributed by atoms with Crippen molar-refractivity contribution in [3.8, 4) is 0 Å². The number of anilines is 1. The summed E-state index contributed by atoms with van der Waals surface area (Å²) in [6.07, 6.45) is 4.32. The topological polar surface area (TPSA) is 66.6 Å². The molecule has 2 aromatic carbocycles. The summed E-state index contributed by atoms with van der Waals surface area (Å²) in [6.45, 7) is 6.27. The molecule has 1 fully saturated rings. The Labute approximate surface area is 171 Å². The van der Waals surface area contributed by atoms with Gasteiger partial charge in [-0.15, -0.1) is 0 Å². The SMILES string of the molecule is CC(C)(O)CN1CCC(=Cc2ccc(C(=O)Cc3ccc(F)cc3N)cc2)CC1. The quantitative estimate of drug-likeness (QED) is 0.570. The number of likely N-dealkylation sites (tertiary alicyclic amines) is 1. The predicted molar refractivity (Wildman–Crippen MR) is 115 cm³/mol. The van der Waals surface area contributed by atoms with Crippen LogP contribution in [0.4, 0.5) is 10.1 Å². The molecule has 0 saturated carbocycles. The van der Waals surface area contributed by atoms with E-state index in [1.807, 2.05) is 38.1 Å². The maximum atomic E-state index is 13.2. The Morgan fingerprint density at radius 3 is 2.41 bits per heavy atom. The zero-order chi connectivity index (χ0) is 21.0. The highest BCUT2D eigenvalue weighted by molar-refractivity contribution is 5.98. The summed E-state index contributed by atoms with van der Waals surface area (Å²) >= 11 is 0. The highest BCUT2D eigenvalue weighted by Gasteiger charge is 2.21. The second-order valence-corrected chi connectivity index (χ2v) is 8.46. The van der Waals surface area contributed by atoms with Gasteiger partial charge in [0, 0.05) is 37.3 Å². The van der Waals surface area contributed by atoms with Gasteiger partial charge in [-0.3, -0.25) is 9.69 Å². The number of hydrogen-bond donors (Lipinski definition) is 2. The van der Waals surface area contributed by atoms with Crippen molar-refractivity contribution in [2.45, 2.75) is 38.7 Å². The second-order valence-electron chi connectivity index (χ2n) is 8.46. The van der Waals surface area contributed by atoms with E-state index in [1.165, 1.54) is 17.7 Å². The molecule has 0 bridgehead atoms. The number of carbonyl (C=O) groups excluding carboxylic acids is 1. The summed E-state index contributed by atoms with van der Waals surface area (Å²) in [4.78, 5) is 14.8. The van der Waals surface area contributed by atoms with Crippen LogP contribution in [0.1, 0.15) is 48.2 Å². The molecule has 3 N–H and O–H groups in total. The average Bonchev–Trinajstić information content (AvgIpc) is 2.65. The third kappa shape index (κ3) is 6.24. The number of rotatable bonds is 6. The minimum absolute atomic E-state index is 0.0394. The third-order valence-corrected chi connectivity index (χ3v) is 5.17. The van der Waals surface area contributed by atoms with Crippen LogP contribution < -0.4 is 5.73 Å². The molecule has 0 atom stereocenters. The normalized spacial score (nSPS) is 15.4. The van der Waals surface area contributed by atoms with Gasteiger partial charge < -0.3 is 10.8 Å². The van der Waals surface area contributed by atoms with Gasteiger partial charge in [0.1, 0.15) is 5.82 Å². The number of ketones is 1. The molecule has 29 heavy (non-hydrogen) atoms. The number of nitrogen functional groups attached to an aromatic ring is 1. The van der Waals surface area contributed by atoms with Crippen molar-refractivity contribution in [3.05, 3.63) is 70.5 Å². The van der Waals surface area contributed by atoms with Crippen molar-refractivity contribution in [2.75, 3.05) is 25.4 Å². The van der Waals surface area contributed by atoms with Gasteiger partial charge in [-0.1, -0.05) is 42.0 Å². The van der Waals surface area contributed by atoms with E-state index in [1.54, 1.807) is 6.07 Å². The Kier molecular flexibility index (Phi) is 6.50. The fourth-order valence-corrected chi connectivity index (χ4v) is 3.69. The molecule has 1 aliphatic rings. The Hall–Kier alpha value is -2.50. The number of aliphatic hydroxyl groups is 1. The molecule has 2 aromatic rings. The molecule has 0 amide bonds. The molecule has 0 aliphatic carbocycles. The van der Waals surface area contributed by atoms with Gasteiger partial charge in [-0.2, -0.15) is 0 Å². The van der Waals surface area contributed by atoms with Crippen LogP contribution in [0.15, 0.2) is 48.0 Å². The van der Waals surface area contributed by atoms with E-state index in [9.17, 15) is 14.3 Å². The smallest absolute Gasteiger partial charge is 0.167 e. The van der Waals surface area contributed by atoms with Crippen LogP contribution >= 0.6 is 0 Å². The summed E-state index contributed by atoms with van der Waals surface area (Å²) < 4.78 is 13.2. The van der Waals surface area contributed by atoms with Gasteiger partial charge in [0.2, 0.25) is 0 Å². The molecule has 1 saturated heterocycles. The predicted octanol–water partition coefficient (Wildman–Crippen LogP) is 4.08. The van der Waals surface area contributed by atoms with Crippen LogP contribution in [-0.4, -0.2) is 41.0 Å². The van der Waals surface area contributed by atoms with E-state index >= 15 is 0 Å². The van der Waals surface area contributed by atoms with Crippen LogP contribution in [-0.2, 0) is 6.42 Å². The zero-order valence-electron chi connectivity index (χ0n) is 17.1. The first-order chi connectivity index (χ1) is 13.7. The van der Waals surface area contributed by atoms with Gasteiger partial charge in [0.25, 0.3) is 0 Å². The molecule has 0 radical (unpaired) electrons. The number of nitrogens with zero attached hydrogens (tertiary/aromatic N) is 1. The average molecular weight is 397 g/mol. The largest absolute Gasteiger partial charge is 0.398 e. The van der Waals surface area contributed by atoms with Crippen molar-refractivity contribution in [3.63, 3.8) is 0 Å². The third-order valence-electron chi connectivity index (χ3n) is 5.17. The first kappa shape index (κ1) is 21.2. The lowest BCUT2D eigenvalue weighted by molar-refractivity contribution is 0.0338. The van der Waals surface area contributed by atoms with Gasteiger partial charge in [0.05, 0.1) is 5.60 Å². The highest BCUT2D eigenvalue weighted by atomic mass is 19.1. The fourth-order valence-electron chi connectivity index (χ4n) is 3.69. The van der Waals surface area contributed by atoms with Crippen molar-refractivity contribution < 1.29 is 14.3 Å². The van der Waals surface area contributed by atoms with Crippen LogP contribution in [0.3, 0.4) is 0 Å². The lowest BCUT2D eigenvalue weighted by Gasteiger charge is -2.32. The molecule has 154 valence electrons. The number of nitrogens with two attached hydrogens (primary N) is 1. The van der Waals surface area contributed by atoms with Gasteiger partial charge in [0.15, 0.2) is 5.78 Å². The Bertz CT molecular complexity index is 888. The molecule has 0 aromatic heterocycles. The molecule has 3 rings (SSSR count). The van der Waals surface area contributed by atoms with Crippen LogP contribution in [0.2, 0.25) is 0 Å². The van der Waals surface area contributed by atoms with E-state index in [0.717, 1.165) is 31.5 Å². The second kappa shape index (κ2) is 8.89. The van der Waals surface area contributed by atoms with Gasteiger partial charge in [-0.05, 0) is 49.9 Å². The maximum Gasteiger partial charge on any atom is 0.167 e. The first-order valence-electron chi connectivity index (χ1n) is 10.0. The Balaban J connectivity index is 1.59. The fraction of sp³-hybridized carbons (Fsp3) is 0.375. The standard InChI is InChI=1S/C24H29FN2O2/c1-24(2,29)16-27-11-9-18(10-12-27)13-17-3-5-19(6-4-17)23(28)14-20-7-8-21(25)15-22(20)26/h3-8,13,15,29H,9-12,14,16,26H2,1-2H3.